The highest BCUT2D eigenvalue weighted by atomic mass is 32.2. The minimum Gasteiger partial charge on any atom is -0.331 e. The SMILES string of the molecule is CCc1ccc2c(c1)c(-c1ccc[nH]c1=O)c(C(=O)NS(=O)(=O)C1CC1)n2Cc1c(F)cccc1C(F)(F)F. The van der Waals surface area contributed by atoms with Gasteiger partial charge in [0.05, 0.1) is 17.4 Å². The van der Waals surface area contributed by atoms with Gasteiger partial charge in [0.25, 0.3) is 11.5 Å². The number of halogens is 4. The molecule has 0 atom stereocenters. The largest absolute Gasteiger partial charge is 0.416 e. The van der Waals surface area contributed by atoms with Gasteiger partial charge >= 0.3 is 6.18 Å². The summed E-state index contributed by atoms with van der Waals surface area (Å²) in [5, 5.41) is -0.428. The second kappa shape index (κ2) is 9.67. The van der Waals surface area contributed by atoms with E-state index < -0.39 is 56.4 Å². The molecule has 1 aliphatic rings. The number of hydrogen-bond acceptors (Lipinski definition) is 4. The third kappa shape index (κ3) is 4.96. The fourth-order valence-corrected chi connectivity index (χ4v) is 5.97. The average molecular weight is 562 g/mol. The van der Waals surface area contributed by atoms with Crippen LogP contribution in [0.15, 0.2) is 59.5 Å². The number of hydrogen-bond donors (Lipinski definition) is 2. The number of sulfonamides is 1. The van der Waals surface area contributed by atoms with Gasteiger partial charge in [-0.2, -0.15) is 13.2 Å². The van der Waals surface area contributed by atoms with Crippen LogP contribution in [0.2, 0.25) is 0 Å². The summed E-state index contributed by atoms with van der Waals surface area (Å²) in [5.74, 6) is -2.27. The predicted molar refractivity (Wildman–Crippen MR) is 137 cm³/mol. The second-order valence-electron chi connectivity index (χ2n) is 9.37. The van der Waals surface area contributed by atoms with Crippen molar-refractivity contribution in [2.75, 3.05) is 0 Å². The number of nitrogens with one attached hydrogen (secondary N) is 2. The van der Waals surface area contributed by atoms with Crippen molar-refractivity contribution in [2.24, 2.45) is 0 Å². The zero-order valence-electron chi connectivity index (χ0n) is 20.6. The molecule has 204 valence electrons. The van der Waals surface area contributed by atoms with Crippen LogP contribution in [0.25, 0.3) is 22.0 Å². The Morgan fingerprint density at radius 1 is 1.13 bits per heavy atom. The van der Waals surface area contributed by atoms with Crippen molar-refractivity contribution in [1.29, 1.82) is 0 Å². The number of alkyl halides is 3. The van der Waals surface area contributed by atoms with Gasteiger partial charge in [-0.15, -0.1) is 0 Å². The van der Waals surface area contributed by atoms with Crippen molar-refractivity contribution in [2.45, 2.75) is 44.2 Å². The molecule has 2 heterocycles. The summed E-state index contributed by atoms with van der Waals surface area (Å²) in [7, 11) is -4.08. The molecule has 0 radical (unpaired) electrons. The van der Waals surface area contributed by atoms with Crippen molar-refractivity contribution < 1.29 is 30.8 Å². The molecule has 7 nitrogen and oxygen atoms in total. The molecule has 0 bridgehead atoms. The van der Waals surface area contributed by atoms with E-state index in [-0.39, 0.29) is 22.3 Å². The van der Waals surface area contributed by atoms with E-state index in [9.17, 15) is 35.6 Å². The third-order valence-corrected chi connectivity index (χ3v) is 8.60. The van der Waals surface area contributed by atoms with Crippen LogP contribution in [0.1, 0.15) is 46.9 Å². The van der Waals surface area contributed by atoms with Crippen LogP contribution in [0.3, 0.4) is 0 Å². The summed E-state index contributed by atoms with van der Waals surface area (Å²) >= 11 is 0. The molecule has 39 heavy (non-hydrogen) atoms. The summed E-state index contributed by atoms with van der Waals surface area (Å²) in [5.41, 5.74) is -1.85. The minimum atomic E-state index is -4.90. The Morgan fingerprint density at radius 2 is 1.87 bits per heavy atom. The zero-order chi connectivity index (χ0) is 28.1. The predicted octanol–water partition coefficient (Wildman–Crippen LogP) is 4.99. The van der Waals surface area contributed by atoms with E-state index in [0.717, 1.165) is 28.3 Å². The Kier molecular flexibility index (Phi) is 6.61. The van der Waals surface area contributed by atoms with Crippen molar-refractivity contribution >= 4 is 26.8 Å². The first-order valence-corrected chi connectivity index (χ1v) is 13.7. The second-order valence-corrected chi connectivity index (χ2v) is 11.3. The van der Waals surface area contributed by atoms with E-state index in [1.165, 1.54) is 18.3 Å². The van der Waals surface area contributed by atoms with Gasteiger partial charge in [0, 0.05) is 33.8 Å². The smallest absolute Gasteiger partial charge is 0.331 e. The Bertz CT molecular complexity index is 1770. The molecule has 12 heteroatoms. The van der Waals surface area contributed by atoms with Crippen LogP contribution in [0.5, 0.6) is 0 Å². The Labute approximate surface area is 220 Å². The van der Waals surface area contributed by atoms with Crippen LogP contribution >= 0.6 is 0 Å². The molecule has 0 saturated heterocycles. The molecule has 1 saturated carbocycles. The van der Waals surface area contributed by atoms with Gasteiger partial charge in [0.2, 0.25) is 10.0 Å². The van der Waals surface area contributed by atoms with E-state index >= 15 is 0 Å². The lowest BCUT2D eigenvalue weighted by molar-refractivity contribution is -0.138. The number of carbonyl (C=O) groups is 1. The molecule has 0 unspecified atom stereocenters. The number of pyridine rings is 1. The molecule has 4 aromatic rings. The fourth-order valence-electron chi connectivity index (χ4n) is 4.70. The highest BCUT2D eigenvalue weighted by Crippen LogP contribution is 2.38. The Hall–Kier alpha value is -3.93. The maximum absolute atomic E-state index is 14.9. The van der Waals surface area contributed by atoms with E-state index in [1.807, 2.05) is 11.6 Å². The van der Waals surface area contributed by atoms with E-state index in [2.05, 4.69) is 4.98 Å². The Morgan fingerprint density at radius 3 is 2.51 bits per heavy atom. The normalized spacial score (nSPS) is 14.1. The van der Waals surface area contributed by atoms with Gasteiger partial charge in [-0.25, -0.2) is 17.5 Å². The summed E-state index contributed by atoms with van der Waals surface area (Å²) in [6.45, 7) is 1.12. The maximum Gasteiger partial charge on any atom is 0.416 e. The highest BCUT2D eigenvalue weighted by molar-refractivity contribution is 7.91. The number of H-pyrrole nitrogens is 1. The number of aromatic amines is 1. The van der Waals surface area contributed by atoms with Crippen LogP contribution in [0.4, 0.5) is 17.6 Å². The van der Waals surface area contributed by atoms with Gasteiger partial charge in [-0.05, 0) is 61.2 Å². The molecular formula is C27H23F4N3O4S. The fraction of sp³-hybridized carbons (Fsp3) is 0.259. The third-order valence-electron chi connectivity index (χ3n) is 6.78. The molecule has 2 aromatic heterocycles. The summed E-state index contributed by atoms with van der Waals surface area (Å²) in [6.07, 6.45) is -2.24. The lowest BCUT2D eigenvalue weighted by Crippen LogP contribution is -2.35. The van der Waals surface area contributed by atoms with Crippen LogP contribution in [0, 0.1) is 5.82 Å². The number of benzene rings is 2. The van der Waals surface area contributed by atoms with Crippen LogP contribution in [-0.4, -0.2) is 29.1 Å². The first-order chi connectivity index (χ1) is 18.4. The number of aromatic nitrogens is 2. The van der Waals surface area contributed by atoms with Crippen LogP contribution < -0.4 is 10.3 Å². The van der Waals surface area contributed by atoms with Gasteiger partial charge in [-0.1, -0.05) is 19.1 Å². The van der Waals surface area contributed by atoms with Gasteiger partial charge in [0.15, 0.2) is 0 Å². The van der Waals surface area contributed by atoms with Crippen molar-refractivity contribution in [3.8, 4) is 11.1 Å². The maximum atomic E-state index is 14.9. The summed E-state index contributed by atoms with van der Waals surface area (Å²) < 4.78 is 85.1. The molecule has 1 aliphatic carbocycles. The number of fused-ring (bicyclic) bond motifs is 1. The molecule has 1 fully saturated rings. The van der Waals surface area contributed by atoms with E-state index in [0.29, 0.717) is 24.6 Å². The van der Waals surface area contributed by atoms with E-state index in [1.54, 1.807) is 18.2 Å². The molecule has 1 amide bonds. The van der Waals surface area contributed by atoms with Crippen molar-refractivity contribution in [1.82, 2.24) is 14.3 Å². The number of rotatable bonds is 7. The number of amides is 1. The summed E-state index contributed by atoms with van der Waals surface area (Å²) in [6, 6.07) is 10.4. The molecular weight excluding hydrogens is 538 g/mol. The molecule has 0 spiro atoms. The molecule has 0 aliphatic heterocycles. The Balaban J connectivity index is 1.84. The lowest BCUT2D eigenvalue weighted by Gasteiger charge is -2.17. The summed E-state index contributed by atoms with van der Waals surface area (Å²) in [4.78, 5) is 29.0. The minimum absolute atomic E-state index is 0.00746. The number of carbonyl (C=O) groups excluding carboxylic acids is 1. The standard InChI is InChI=1S/C27H23F4N3O4S/c1-2-15-8-11-22-18(13-15)23(17-5-4-12-32-25(17)35)24(26(36)33-39(37,38)16-9-10-16)34(22)14-19-20(27(29,30)31)6-3-7-21(19)28/h3-8,11-13,16H,2,9-10,14H2,1H3,(H,32,35)(H,33,36). The zero-order valence-corrected chi connectivity index (χ0v) is 21.4. The molecule has 2 aromatic carbocycles. The quantitative estimate of drug-likeness (QED) is 0.311. The van der Waals surface area contributed by atoms with Crippen LogP contribution in [-0.2, 0) is 29.2 Å². The highest BCUT2D eigenvalue weighted by Gasteiger charge is 2.39. The van der Waals surface area contributed by atoms with Gasteiger partial charge < -0.3 is 9.55 Å². The van der Waals surface area contributed by atoms with Crippen molar-refractivity contribution in [3.05, 3.63) is 93.3 Å². The first kappa shape index (κ1) is 26.7. The topological polar surface area (TPSA) is 101 Å². The average Bonchev–Trinajstić information content (AvgIpc) is 3.69. The van der Waals surface area contributed by atoms with Gasteiger partial charge in [-0.3, -0.25) is 9.59 Å². The number of aryl methyl sites for hydroxylation is 1. The molecule has 2 N–H and O–H groups in total. The van der Waals surface area contributed by atoms with Crippen molar-refractivity contribution in [3.63, 3.8) is 0 Å². The molecule has 5 rings (SSSR count). The monoisotopic (exact) mass is 561 g/mol. The van der Waals surface area contributed by atoms with E-state index in [4.69, 9.17) is 0 Å². The van der Waals surface area contributed by atoms with Gasteiger partial charge in [0.1, 0.15) is 11.5 Å². The first-order valence-electron chi connectivity index (χ1n) is 12.2. The lowest BCUT2D eigenvalue weighted by atomic mass is 10.0. The number of nitrogens with zero attached hydrogens (tertiary/aromatic N) is 1.